The maximum atomic E-state index is 5.70. The highest BCUT2D eigenvalue weighted by Crippen LogP contribution is 2.27. The van der Waals surface area contributed by atoms with Crippen LogP contribution in [0.3, 0.4) is 0 Å². The maximum absolute atomic E-state index is 5.70. The molecule has 1 aromatic carbocycles. The van der Waals surface area contributed by atoms with Gasteiger partial charge in [0.2, 0.25) is 0 Å². The Labute approximate surface area is 120 Å². The first kappa shape index (κ1) is 13.4. The number of ether oxygens (including phenoxy) is 1. The third kappa shape index (κ3) is 2.52. The minimum absolute atomic E-state index is 0.529. The second-order valence-corrected chi connectivity index (χ2v) is 5.57. The fourth-order valence-electron chi connectivity index (χ4n) is 2.95. The summed E-state index contributed by atoms with van der Waals surface area (Å²) in [4.78, 5) is 4.85. The van der Waals surface area contributed by atoms with E-state index in [9.17, 15) is 0 Å². The van der Waals surface area contributed by atoms with Gasteiger partial charge in [-0.3, -0.25) is 0 Å². The van der Waals surface area contributed by atoms with Crippen molar-refractivity contribution in [1.82, 2.24) is 14.9 Å². The van der Waals surface area contributed by atoms with Gasteiger partial charge in [0.25, 0.3) is 0 Å². The van der Waals surface area contributed by atoms with Gasteiger partial charge in [-0.15, -0.1) is 0 Å². The van der Waals surface area contributed by atoms with E-state index in [2.05, 4.69) is 36.0 Å². The summed E-state index contributed by atoms with van der Waals surface area (Å²) in [6.45, 7) is 5.05. The number of nitrogens with zero attached hydrogens (tertiary/aromatic N) is 2. The number of fused-ring (bicyclic) bond motifs is 1. The molecule has 0 aliphatic carbocycles. The van der Waals surface area contributed by atoms with E-state index in [1.165, 1.54) is 24.2 Å². The lowest BCUT2D eigenvalue weighted by Crippen LogP contribution is -2.29. The molecule has 1 aliphatic rings. The highest BCUT2D eigenvalue weighted by Gasteiger charge is 2.20. The van der Waals surface area contributed by atoms with Crippen LogP contribution >= 0.6 is 0 Å². The van der Waals surface area contributed by atoms with Crippen LogP contribution in [-0.2, 0) is 7.05 Å². The van der Waals surface area contributed by atoms with Crippen molar-refractivity contribution < 1.29 is 4.74 Å². The molecular formula is C16H23N3O. The standard InChI is InChI=1S/C16H23N3O/c1-3-9-20-13-6-7-15-14(10-13)18-16(19(15)2)12-5-4-8-17-11-12/h6-7,10,12,17H,3-5,8-9,11H2,1-2H3. The first-order valence-electron chi connectivity index (χ1n) is 7.59. The Bertz CT molecular complexity index is 585. The predicted molar refractivity (Wildman–Crippen MR) is 81.3 cm³/mol. The third-order valence-electron chi connectivity index (χ3n) is 4.02. The van der Waals surface area contributed by atoms with Crippen molar-refractivity contribution in [2.75, 3.05) is 19.7 Å². The van der Waals surface area contributed by atoms with Gasteiger partial charge in [0.1, 0.15) is 11.6 Å². The first-order chi connectivity index (χ1) is 9.79. The quantitative estimate of drug-likeness (QED) is 0.931. The Hall–Kier alpha value is -1.55. The number of hydrogen-bond donors (Lipinski definition) is 1. The zero-order valence-corrected chi connectivity index (χ0v) is 12.4. The number of benzene rings is 1. The lowest BCUT2D eigenvalue weighted by Gasteiger charge is -2.22. The molecular weight excluding hydrogens is 250 g/mol. The van der Waals surface area contributed by atoms with Crippen molar-refractivity contribution in [2.24, 2.45) is 7.05 Å². The molecule has 4 nitrogen and oxygen atoms in total. The van der Waals surface area contributed by atoms with Gasteiger partial charge in [-0.05, 0) is 37.9 Å². The average Bonchev–Trinajstić information content (AvgIpc) is 2.83. The van der Waals surface area contributed by atoms with Crippen LogP contribution in [0.25, 0.3) is 11.0 Å². The molecule has 20 heavy (non-hydrogen) atoms. The van der Waals surface area contributed by atoms with Crippen molar-refractivity contribution in [3.8, 4) is 5.75 Å². The van der Waals surface area contributed by atoms with Crippen molar-refractivity contribution in [3.05, 3.63) is 24.0 Å². The summed E-state index contributed by atoms with van der Waals surface area (Å²) in [6.07, 6.45) is 3.49. The number of piperidine rings is 1. The summed E-state index contributed by atoms with van der Waals surface area (Å²) in [5.41, 5.74) is 2.23. The molecule has 1 N–H and O–H groups in total. The van der Waals surface area contributed by atoms with Crippen molar-refractivity contribution in [2.45, 2.75) is 32.1 Å². The van der Waals surface area contributed by atoms with E-state index < -0.39 is 0 Å². The molecule has 0 saturated carbocycles. The number of nitrogens with one attached hydrogen (secondary N) is 1. The third-order valence-corrected chi connectivity index (χ3v) is 4.02. The molecule has 108 valence electrons. The smallest absolute Gasteiger partial charge is 0.121 e. The van der Waals surface area contributed by atoms with E-state index in [-0.39, 0.29) is 0 Å². The summed E-state index contributed by atoms with van der Waals surface area (Å²) in [5, 5.41) is 3.47. The van der Waals surface area contributed by atoms with E-state index in [1.807, 2.05) is 6.07 Å². The molecule has 1 unspecified atom stereocenters. The number of aryl methyl sites for hydroxylation is 1. The van der Waals surface area contributed by atoms with Crippen molar-refractivity contribution in [1.29, 1.82) is 0 Å². The van der Waals surface area contributed by atoms with Gasteiger partial charge in [-0.2, -0.15) is 0 Å². The van der Waals surface area contributed by atoms with E-state index in [0.29, 0.717) is 5.92 Å². The number of aromatic nitrogens is 2. The van der Waals surface area contributed by atoms with Gasteiger partial charge in [0.05, 0.1) is 17.6 Å². The second-order valence-electron chi connectivity index (χ2n) is 5.57. The minimum atomic E-state index is 0.529. The average molecular weight is 273 g/mol. The van der Waals surface area contributed by atoms with E-state index in [4.69, 9.17) is 9.72 Å². The molecule has 1 saturated heterocycles. The van der Waals surface area contributed by atoms with Gasteiger partial charge < -0.3 is 14.6 Å². The Balaban J connectivity index is 1.91. The molecule has 1 aromatic heterocycles. The van der Waals surface area contributed by atoms with E-state index >= 15 is 0 Å². The van der Waals surface area contributed by atoms with Gasteiger partial charge in [-0.25, -0.2) is 4.98 Å². The molecule has 1 fully saturated rings. The SMILES string of the molecule is CCCOc1ccc2c(c1)nc(C1CCCNC1)n2C. The molecule has 2 aromatic rings. The maximum Gasteiger partial charge on any atom is 0.121 e. The van der Waals surface area contributed by atoms with Crippen LogP contribution in [0.5, 0.6) is 5.75 Å². The van der Waals surface area contributed by atoms with Crippen LogP contribution in [0.2, 0.25) is 0 Å². The molecule has 2 heterocycles. The molecule has 1 atom stereocenters. The van der Waals surface area contributed by atoms with Crippen LogP contribution in [-0.4, -0.2) is 29.2 Å². The molecule has 4 heteroatoms. The zero-order chi connectivity index (χ0) is 13.9. The second kappa shape index (κ2) is 5.83. The highest BCUT2D eigenvalue weighted by atomic mass is 16.5. The van der Waals surface area contributed by atoms with E-state index in [0.717, 1.165) is 37.4 Å². The van der Waals surface area contributed by atoms with Crippen molar-refractivity contribution in [3.63, 3.8) is 0 Å². The summed E-state index contributed by atoms with van der Waals surface area (Å²) >= 11 is 0. The first-order valence-corrected chi connectivity index (χ1v) is 7.59. The number of rotatable bonds is 4. The van der Waals surface area contributed by atoms with Gasteiger partial charge in [0.15, 0.2) is 0 Å². The Morgan fingerprint density at radius 3 is 3.10 bits per heavy atom. The van der Waals surface area contributed by atoms with Crippen LogP contribution in [0, 0.1) is 0 Å². The summed E-state index contributed by atoms with van der Waals surface area (Å²) in [6, 6.07) is 6.22. The van der Waals surface area contributed by atoms with Crippen LogP contribution in [0.4, 0.5) is 0 Å². The van der Waals surface area contributed by atoms with E-state index in [1.54, 1.807) is 0 Å². The minimum Gasteiger partial charge on any atom is -0.494 e. The molecule has 0 radical (unpaired) electrons. The monoisotopic (exact) mass is 273 g/mol. The zero-order valence-electron chi connectivity index (χ0n) is 12.4. The topological polar surface area (TPSA) is 39.1 Å². The Morgan fingerprint density at radius 1 is 1.45 bits per heavy atom. The molecule has 0 amide bonds. The summed E-state index contributed by atoms with van der Waals surface area (Å²) < 4.78 is 7.93. The van der Waals surface area contributed by atoms with Gasteiger partial charge in [0, 0.05) is 25.6 Å². The van der Waals surface area contributed by atoms with Crippen LogP contribution in [0.15, 0.2) is 18.2 Å². The fourth-order valence-corrected chi connectivity index (χ4v) is 2.95. The number of hydrogen-bond acceptors (Lipinski definition) is 3. The number of imidazole rings is 1. The largest absolute Gasteiger partial charge is 0.494 e. The van der Waals surface area contributed by atoms with Crippen molar-refractivity contribution >= 4 is 11.0 Å². The lowest BCUT2D eigenvalue weighted by atomic mass is 9.99. The van der Waals surface area contributed by atoms with Gasteiger partial charge >= 0.3 is 0 Å². The normalized spacial score (nSPS) is 19.4. The van der Waals surface area contributed by atoms with Crippen LogP contribution < -0.4 is 10.1 Å². The fraction of sp³-hybridized carbons (Fsp3) is 0.562. The van der Waals surface area contributed by atoms with Gasteiger partial charge in [-0.1, -0.05) is 6.92 Å². The highest BCUT2D eigenvalue weighted by molar-refractivity contribution is 5.77. The predicted octanol–water partition coefficient (Wildman–Crippen LogP) is 2.83. The Morgan fingerprint density at radius 2 is 2.35 bits per heavy atom. The Kier molecular flexibility index (Phi) is 3.92. The van der Waals surface area contributed by atoms with Crippen LogP contribution in [0.1, 0.15) is 37.9 Å². The molecule has 3 rings (SSSR count). The molecule has 0 bridgehead atoms. The summed E-state index contributed by atoms with van der Waals surface area (Å²) in [7, 11) is 2.12. The lowest BCUT2D eigenvalue weighted by molar-refractivity contribution is 0.318. The molecule has 0 spiro atoms. The summed E-state index contributed by atoms with van der Waals surface area (Å²) in [5.74, 6) is 2.65. The molecule has 1 aliphatic heterocycles.